The summed E-state index contributed by atoms with van der Waals surface area (Å²) >= 11 is 0. The summed E-state index contributed by atoms with van der Waals surface area (Å²) in [5.74, 6) is -1.15. The fraction of sp³-hybridized carbons (Fsp3) is 0.667. The lowest BCUT2D eigenvalue weighted by molar-refractivity contribution is -0.144. The van der Waals surface area contributed by atoms with Crippen LogP contribution in [-0.2, 0) is 22.4 Å². The number of rotatable bonds is 14. The monoisotopic (exact) mass is 418 g/mol. The predicted molar refractivity (Wildman–Crippen MR) is 113 cm³/mol. The van der Waals surface area contributed by atoms with Crippen molar-refractivity contribution >= 4 is 11.9 Å². The van der Waals surface area contributed by atoms with Crippen LogP contribution < -0.4 is 0 Å². The van der Waals surface area contributed by atoms with Gasteiger partial charge in [-0.3, -0.25) is 9.59 Å². The van der Waals surface area contributed by atoms with Crippen LogP contribution >= 0.6 is 0 Å². The smallest absolute Gasteiger partial charge is 0.309 e. The maximum absolute atomic E-state index is 11.2. The zero-order chi connectivity index (χ0) is 21.8. The molecule has 6 heteroatoms. The predicted octanol–water partition coefficient (Wildman–Crippen LogP) is 5.03. The number of carbonyl (C=O) groups is 2. The topological polar surface area (TPSA) is 115 Å². The lowest BCUT2D eigenvalue weighted by Crippen LogP contribution is -2.14. The molecule has 0 amide bonds. The number of carboxylic acid groups (broad SMARTS) is 2. The molecule has 166 valence electrons. The van der Waals surface area contributed by atoms with E-state index >= 15 is 0 Å². The van der Waals surface area contributed by atoms with Crippen molar-refractivity contribution in [3.63, 3.8) is 0 Å². The van der Waals surface area contributed by atoms with Crippen molar-refractivity contribution in [1.29, 1.82) is 0 Å². The van der Waals surface area contributed by atoms with E-state index < -0.39 is 22.8 Å². The maximum atomic E-state index is 11.2. The molecule has 0 atom stereocenters. The Hall–Kier alpha value is -2.24. The fourth-order valence-corrected chi connectivity index (χ4v) is 4.55. The van der Waals surface area contributed by atoms with Crippen LogP contribution in [0.5, 0.6) is 11.5 Å². The van der Waals surface area contributed by atoms with Gasteiger partial charge < -0.3 is 20.4 Å². The minimum atomic E-state index is -0.670. The summed E-state index contributed by atoms with van der Waals surface area (Å²) in [6.45, 7) is 0. The van der Waals surface area contributed by atoms with Gasteiger partial charge >= 0.3 is 11.9 Å². The Morgan fingerprint density at radius 2 is 1.23 bits per heavy atom. The molecule has 2 aliphatic rings. The van der Waals surface area contributed by atoms with Crippen molar-refractivity contribution in [2.24, 2.45) is 10.8 Å². The number of carboxylic acids is 2. The van der Waals surface area contributed by atoms with Crippen LogP contribution in [0.2, 0.25) is 0 Å². The normalized spacial score (nSPS) is 18.1. The van der Waals surface area contributed by atoms with Gasteiger partial charge in [0.25, 0.3) is 0 Å². The first kappa shape index (κ1) is 22.4. The summed E-state index contributed by atoms with van der Waals surface area (Å²) in [6, 6.07) is 3.10. The molecular weight excluding hydrogens is 384 g/mol. The third-order valence-corrected chi connectivity index (χ3v) is 7.10. The SMILES string of the molecule is O=C(O)C1(CCCCCc2cc(O)cc(O)c2CCCCCC2(C(=O)O)CC2)CC1. The average Bonchev–Trinajstić information content (AvgIpc) is 3.58. The van der Waals surface area contributed by atoms with E-state index in [9.17, 15) is 30.0 Å². The first-order chi connectivity index (χ1) is 14.3. The van der Waals surface area contributed by atoms with E-state index in [4.69, 9.17) is 0 Å². The highest BCUT2D eigenvalue weighted by atomic mass is 16.4. The number of benzene rings is 1. The molecule has 0 radical (unpaired) electrons. The van der Waals surface area contributed by atoms with Gasteiger partial charge in [0, 0.05) is 6.07 Å². The van der Waals surface area contributed by atoms with E-state index in [1.807, 2.05) is 0 Å². The number of aliphatic carboxylic acids is 2. The number of hydrogen-bond donors (Lipinski definition) is 4. The number of aromatic hydroxyl groups is 2. The molecule has 3 rings (SSSR count). The largest absolute Gasteiger partial charge is 0.508 e. The molecule has 1 aromatic rings. The van der Waals surface area contributed by atoms with Gasteiger partial charge in [-0.05, 0) is 81.4 Å². The van der Waals surface area contributed by atoms with E-state index in [1.54, 1.807) is 6.07 Å². The molecule has 0 unspecified atom stereocenters. The number of unbranched alkanes of at least 4 members (excludes halogenated alkanes) is 4. The maximum Gasteiger partial charge on any atom is 0.309 e. The minimum Gasteiger partial charge on any atom is -0.508 e. The number of hydrogen-bond acceptors (Lipinski definition) is 4. The molecule has 1 aromatic carbocycles. The Kier molecular flexibility index (Phi) is 6.94. The van der Waals surface area contributed by atoms with Crippen molar-refractivity contribution in [3.8, 4) is 11.5 Å². The Labute approximate surface area is 177 Å². The van der Waals surface area contributed by atoms with Gasteiger partial charge in [-0.2, -0.15) is 0 Å². The molecule has 0 heterocycles. The standard InChI is InChI=1S/C24H34O6/c25-18-15-17(7-3-1-5-9-23(11-12-23)21(27)28)19(20(26)16-18)8-4-2-6-10-24(13-14-24)22(29)30/h15-16,25-26H,1-14H2,(H,27,28)(H,29,30). The summed E-state index contributed by atoms with van der Waals surface area (Å²) in [5.41, 5.74) is 0.895. The van der Waals surface area contributed by atoms with E-state index in [0.29, 0.717) is 6.42 Å². The Morgan fingerprint density at radius 3 is 1.70 bits per heavy atom. The van der Waals surface area contributed by atoms with Gasteiger partial charge in [-0.15, -0.1) is 0 Å². The Balaban J connectivity index is 1.43. The molecule has 0 aromatic heterocycles. The number of phenolic OH excluding ortho intramolecular Hbond substituents is 2. The van der Waals surface area contributed by atoms with Gasteiger partial charge in [0.05, 0.1) is 10.8 Å². The molecule has 0 bridgehead atoms. The van der Waals surface area contributed by atoms with E-state index in [1.165, 1.54) is 6.07 Å². The average molecular weight is 419 g/mol. The lowest BCUT2D eigenvalue weighted by Gasteiger charge is -2.14. The lowest BCUT2D eigenvalue weighted by atomic mass is 9.93. The van der Waals surface area contributed by atoms with Crippen molar-refractivity contribution < 1.29 is 30.0 Å². The van der Waals surface area contributed by atoms with Crippen LogP contribution in [0.4, 0.5) is 0 Å². The molecule has 0 aliphatic heterocycles. The van der Waals surface area contributed by atoms with Crippen LogP contribution in [-0.4, -0.2) is 32.4 Å². The summed E-state index contributed by atoms with van der Waals surface area (Å²) in [4.78, 5) is 22.5. The molecular formula is C24H34O6. The van der Waals surface area contributed by atoms with E-state index in [0.717, 1.165) is 94.6 Å². The zero-order valence-corrected chi connectivity index (χ0v) is 17.7. The number of phenols is 2. The third-order valence-electron chi connectivity index (χ3n) is 7.10. The fourth-order valence-electron chi connectivity index (χ4n) is 4.55. The molecule has 2 aliphatic carbocycles. The Bertz CT molecular complexity index is 776. The summed E-state index contributed by atoms with van der Waals surface area (Å²) in [7, 11) is 0. The van der Waals surface area contributed by atoms with Crippen LogP contribution in [0.15, 0.2) is 12.1 Å². The second-order valence-electron chi connectivity index (χ2n) is 9.39. The zero-order valence-electron chi connectivity index (χ0n) is 17.7. The van der Waals surface area contributed by atoms with Gasteiger partial charge in [-0.25, -0.2) is 0 Å². The molecule has 0 saturated heterocycles. The summed E-state index contributed by atoms with van der Waals surface area (Å²) in [6.07, 6.45) is 11.5. The van der Waals surface area contributed by atoms with Crippen molar-refractivity contribution in [3.05, 3.63) is 23.3 Å². The number of aryl methyl sites for hydroxylation is 1. The van der Waals surface area contributed by atoms with Gasteiger partial charge in [0.1, 0.15) is 11.5 Å². The van der Waals surface area contributed by atoms with Crippen LogP contribution in [0, 0.1) is 10.8 Å². The van der Waals surface area contributed by atoms with Gasteiger partial charge in [0.2, 0.25) is 0 Å². The Morgan fingerprint density at radius 1 is 0.733 bits per heavy atom. The molecule has 2 saturated carbocycles. The van der Waals surface area contributed by atoms with Crippen LogP contribution in [0.1, 0.15) is 88.2 Å². The second kappa shape index (κ2) is 9.27. The first-order valence-corrected chi connectivity index (χ1v) is 11.3. The van der Waals surface area contributed by atoms with Crippen LogP contribution in [0.3, 0.4) is 0 Å². The highest BCUT2D eigenvalue weighted by Gasteiger charge is 2.49. The third kappa shape index (κ3) is 5.46. The minimum absolute atomic E-state index is 0.0613. The molecule has 30 heavy (non-hydrogen) atoms. The van der Waals surface area contributed by atoms with Crippen molar-refractivity contribution in [2.75, 3.05) is 0 Å². The first-order valence-electron chi connectivity index (χ1n) is 11.3. The molecule has 6 nitrogen and oxygen atoms in total. The second-order valence-corrected chi connectivity index (χ2v) is 9.39. The van der Waals surface area contributed by atoms with E-state index in [-0.39, 0.29) is 11.5 Å². The highest BCUT2D eigenvalue weighted by molar-refractivity contribution is 5.78. The quantitative estimate of drug-likeness (QED) is 0.315. The van der Waals surface area contributed by atoms with Crippen molar-refractivity contribution in [1.82, 2.24) is 0 Å². The van der Waals surface area contributed by atoms with E-state index in [2.05, 4.69) is 0 Å². The van der Waals surface area contributed by atoms with Gasteiger partial charge in [-0.1, -0.05) is 25.7 Å². The highest BCUT2D eigenvalue weighted by Crippen LogP contribution is 2.50. The molecule has 4 N–H and O–H groups in total. The molecule has 0 spiro atoms. The summed E-state index contributed by atoms with van der Waals surface area (Å²) < 4.78 is 0. The van der Waals surface area contributed by atoms with Gasteiger partial charge in [0.15, 0.2) is 0 Å². The van der Waals surface area contributed by atoms with Crippen LogP contribution in [0.25, 0.3) is 0 Å². The summed E-state index contributed by atoms with van der Waals surface area (Å²) in [5, 5.41) is 38.7. The molecule has 2 fully saturated rings. The van der Waals surface area contributed by atoms with Crippen molar-refractivity contribution in [2.45, 2.75) is 89.9 Å².